The molecule has 1 N–H and O–H groups in total. The maximum atomic E-state index is 6.60. The minimum Gasteiger partial charge on any atom is -0.456 e. The van der Waals surface area contributed by atoms with E-state index in [0.29, 0.717) is 35.6 Å². The van der Waals surface area contributed by atoms with Crippen LogP contribution in [-0.2, 0) is 9.47 Å². The first-order valence-electron chi connectivity index (χ1n) is 11.2. The first kappa shape index (κ1) is 20.7. The van der Waals surface area contributed by atoms with Gasteiger partial charge in [0, 0.05) is 5.56 Å². The van der Waals surface area contributed by atoms with Gasteiger partial charge in [0.15, 0.2) is 11.8 Å². The molecule has 0 spiro atoms. The number of aromatic nitrogens is 3. The lowest BCUT2D eigenvalue weighted by molar-refractivity contribution is -0.0551. The molecule has 0 aliphatic carbocycles. The fraction of sp³-hybridized carbons (Fsp3) is 0.308. The van der Waals surface area contributed by atoms with Crippen molar-refractivity contribution in [1.29, 1.82) is 0 Å². The smallest absolute Gasteiger partial charge is 0.296 e. The van der Waals surface area contributed by atoms with Crippen LogP contribution in [0, 0.1) is 6.92 Å². The van der Waals surface area contributed by atoms with E-state index < -0.39 is 5.60 Å². The van der Waals surface area contributed by atoms with Gasteiger partial charge in [-0.25, -0.2) is 4.98 Å². The molecule has 2 fully saturated rings. The Hall–Kier alpha value is -2.93. The number of benzene rings is 2. The van der Waals surface area contributed by atoms with Crippen molar-refractivity contribution in [3.8, 4) is 28.4 Å². The summed E-state index contributed by atoms with van der Waals surface area (Å²) in [6.07, 6.45) is 0.725. The standard InChI is InChI=1S/C26H24ClN3O3/c1-15-5-3-4-6-18(15)16-7-9-17(10-8-16)23-19(27)13-20-24(29-23)30-25(28-20)33-22-14-31-21-11-12-32-26(21,22)2/h3-10,13,21-22H,11-12,14H2,1-2H3,(H,28,29,30)/t21-,22?,26+/m1/s1. The zero-order valence-corrected chi connectivity index (χ0v) is 19.2. The molecule has 0 radical (unpaired) electrons. The van der Waals surface area contributed by atoms with Crippen LogP contribution in [0.2, 0.25) is 5.02 Å². The number of imidazole rings is 1. The van der Waals surface area contributed by atoms with Crippen molar-refractivity contribution in [2.45, 2.75) is 38.1 Å². The molecular weight excluding hydrogens is 438 g/mol. The highest BCUT2D eigenvalue weighted by Crippen LogP contribution is 2.39. The Kier molecular flexibility index (Phi) is 4.91. The molecule has 6 nitrogen and oxygen atoms in total. The summed E-state index contributed by atoms with van der Waals surface area (Å²) in [5.41, 5.74) is 6.06. The number of rotatable bonds is 4. The lowest BCUT2D eigenvalue weighted by Crippen LogP contribution is -2.45. The van der Waals surface area contributed by atoms with Gasteiger partial charge in [0.05, 0.1) is 35.6 Å². The van der Waals surface area contributed by atoms with Crippen LogP contribution in [0.15, 0.2) is 54.6 Å². The summed E-state index contributed by atoms with van der Waals surface area (Å²) in [5, 5.41) is 0.552. The van der Waals surface area contributed by atoms with E-state index in [1.165, 1.54) is 11.1 Å². The number of pyridine rings is 1. The summed E-state index contributed by atoms with van der Waals surface area (Å²) >= 11 is 6.60. The lowest BCUT2D eigenvalue weighted by atomic mass is 9.96. The van der Waals surface area contributed by atoms with E-state index in [-0.39, 0.29) is 12.2 Å². The fourth-order valence-corrected chi connectivity index (χ4v) is 5.09. The van der Waals surface area contributed by atoms with Crippen molar-refractivity contribution in [1.82, 2.24) is 15.0 Å². The number of fused-ring (bicyclic) bond motifs is 2. The summed E-state index contributed by atoms with van der Waals surface area (Å²) < 4.78 is 17.9. The molecule has 2 aromatic heterocycles. The third kappa shape index (κ3) is 3.50. The second-order valence-electron chi connectivity index (χ2n) is 8.87. The number of hydrogen-bond donors (Lipinski definition) is 1. The Morgan fingerprint density at radius 3 is 2.70 bits per heavy atom. The number of ether oxygens (including phenoxy) is 3. The predicted molar refractivity (Wildman–Crippen MR) is 128 cm³/mol. The first-order valence-corrected chi connectivity index (χ1v) is 11.5. The van der Waals surface area contributed by atoms with Gasteiger partial charge >= 0.3 is 0 Å². The SMILES string of the molecule is Cc1ccccc1-c1ccc(-c2nc3nc(OC4CO[C@@H]5CCO[C@]45C)[nH]c3cc2Cl)cc1. The molecule has 33 heavy (non-hydrogen) atoms. The van der Waals surface area contributed by atoms with E-state index in [9.17, 15) is 0 Å². The third-order valence-electron chi connectivity index (χ3n) is 6.79. The number of nitrogens with zero attached hydrogens (tertiary/aromatic N) is 2. The van der Waals surface area contributed by atoms with E-state index >= 15 is 0 Å². The van der Waals surface area contributed by atoms with E-state index in [4.69, 9.17) is 30.8 Å². The minimum atomic E-state index is -0.450. The highest BCUT2D eigenvalue weighted by molar-refractivity contribution is 6.33. The van der Waals surface area contributed by atoms with Gasteiger partial charge in [-0.3, -0.25) is 0 Å². The number of nitrogens with one attached hydrogen (secondary N) is 1. The molecule has 2 aromatic carbocycles. The van der Waals surface area contributed by atoms with Crippen molar-refractivity contribution < 1.29 is 14.2 Å². The molecule has 4 aromatic rings. The molecule has 1 unspecified atom stereocenters. The molecule has 3 atom stereocenters. The number of hydrogen-bond acceptors (Lipinski definition) is 5. The molecule has 0 bridgehead atoms. The summed E-state index contributed by atoms with van der Waals surface area (Å²) in [7, 11) is 0. The Morgan fingerprint density at radius 1 is 1.09 bits per heavy atom. The number of H-pyrrole nitrogens is 1. The van der Waals surface area contributed by atoms with E-state index in [1.54, 1.807) is 0 Å². The molecule has 6 rings (SSSR count). The summed E-state index contributed by atoms with van der Waals surface area (Å²) in [6.45, 7) is 5.32. The molecule has 2 aliphatic rings. The normalized spacial score (nSPS) is 24.3. The van der Waals surface area contributed by atoms with Gasteiger partial charge in [-0.2, -0.15) is 4.98 Å². The minimum absolute atomic E-state index is 0.0636. The highest BCUT2D eigenvalue weighted by Gasteiger charge is 2.54. The zero-order chi connectivity index (χ0) is 22.6. The molecule has 4 heterocycles. The van der Waals surface area contributed by atoms with Crippen molar-refractivity contribution in [2.75, 3.05) is 13.2 Å². The Labute approximate surface area is 196 Å². The maximum absolute atomic E-state index is 6.60. The lowest BCUT2D eigenvalue weighted by Gasteiger charge is -2.27. The molecule has 2 aliphatic heterocycles. The van der Waals surface area contributed by atoms with Gasteiger partial charge in [0.2, 0.25) is 0 Å². The van der Waals surface area contributed by atoms with Crippen LogP contribution in [0.3, 0.4) is 0 Å². The van der Waals surface area contributed by atoms with E-state index in [0.717, 1.165) is 23.1 Å². The summed E-state index contributed by atoms with van der Waals surface area (Å²) in [4.78, 5) is 12.5. The molecule has 0 saturated carbocycles. The number of aryl methyl sites for hydroxylation is 1. The van der Waals surface area contributed by atoms with Crippen molar-refractivity contribution in [2.24, 2.45) is 0 Å². The van der Waals surface area contributed by atoms with Crippen LogP contribution in [0.5, 0.6) is 6.01 Å². The monoisotopic (exact) mass is 461 g/mol. The zero-order valence-electron chi connectivity index (χ0n) is 18.5. The van der Waals surface area contributed by atoms with Gasteiger partial charge in [-0.05, 0) is 43.0 Å². The fourth-order valence-electron chi connectivity index (χ4n) is 4.83. The quantitative estimate of drug-likeness (QED) is 0.429. The third-order valence-corrected chi connectivity index (χ3v) is 7.08. The van der Waals surface area contributed by atoms with Crippen molar-refractivity contribution >= 4 is 22.8 Å². The molecular formula is C26H24ClN3O3. The van der Waals surface area contributed by atoms with E-state index in [2.05, 4.69) is 47.2 Å². The van der Waals surface area contributed by atoms with Gasteiger partial charge < -0.3 is 19.2 Å². The van der Waals surface area contributed by atoms with Crippen LogP contribution in [0.25, 0.3) is 33.5 Å². The van der Waals surface area contributed by atoms with Crippen LogP contribution in [0.1, 0.15) is 18.9 Å². The first-order chi connectivity index (χ1) is 16.0. The molecule has 168 valence electrons. The van der Waals surface area contributed by atoms with Gasteiger partial charge in [0.25, 0.3) is 6.01 Å². The molecule has 7 heteroatoms. The maximum Gasteiger partial charge on any atom is 0.296 e. The predicted octanol–water partition coefficient (Wildman–Crippen LogP) is 5.58. The van der Waals surface area contributed by atoms with Crippen molar-refractivity contribution in [3.63, 3.8) is 0 Å². The van der Waals surface area contributed by atoms with Crippen molar-refractivity contribution in [3.05, 3.63) is 65.2 Å². The number of aromatic amines is 1. The Bertz CT molecular complexity index is 1340. The van der Waals surface area contributed by atoms with Crippen LogP contribution in [0.4, 0.5) is 0 Å². The largest absolute Gasteiger partial charge is 0.456 e. The Balaban J connectivity index is 1.29. The number of halogens is 1. The van der Waals surface area contributed by atoms with E-state index in [1.807, 2.05) is 31.2 Å². The molecule has 0 amide bonds. The van der Waals surface area contributed by atoms with Crippen LogP contribution in [-0.4, -0.2) is 46.0 Å². The Morgan fingerprint density at radius 2 is 1.88 bits per heavy atom. The van der Waals surface area contributed by atoms with Crippen LogP contribution >= 0.6 is 11.6 Å². The average Bonchev–Trinajstić information content (AvgIpc) is 3.47. The van der Waals surface area contributed by atoms with Gasteiger partial charge in [-0.15, -0.1) is 0 Å². The van der Waals surface area contributed by atoms with Crippen LogP contribution < -0.4 is 4.74 Å². The summed E-state index contributed by atoms with van der Waals surface area (Å²) in [6, 6.07) is 18.9. The second-order valence-corrected chi connectivity index (χ2v) is 9.28. The summed E-state index contributed by atoms with van der Waals surface area (Å²) in [5.74, 6) is 0. The average molecular weight is 462 g/mol. The topological polar surface area (TPSA) is 69.3 Å². The van der Waals surface area contributed by atoms with Gasteiger partial charge in [-0.1, -0.05) is 60.1 Å². The van der Waals surface area contributed by atoms with Gasteiger partial charge in [0.1, 0.15) is 5.60 Å². The highest BCUT2D eigenvalue weighted by atomic mass is 35.5. The second kappa shape index (κ2) is 7.83. The molecule has 2 saturated heterocycles.